The second-order valence-corrected chi connectivity index (χ2v) is 10.8. The highest BCUT2D eigenvalue weighted by molar-refractivity contribution is 6.30. The van der Waals surface area contributed by atoms with Crippen molar-refractivity contribution in [3.05, 3.63) is 83.1 Å². The first-order valence-corrected chi connectivity index (χ1v) is 13.6. The highest BCUT2D eigenvalue weighted by Gasteiger charge is 2.41. The molecule has 202 valence electrons. The molecule has 38 heavy (non-hydrogen) atoms. The zero-order valence-electron chi connectivity index (χ0n) is 22.0. The van der Waals surface area contributed by atoms with Crippen LogP contribution in [0.4, 0.5) is 0 Å². The van der Waals surface area contributed by atoms with Crippen LogP contribution in [-0.2, 0) is 22.6 Å². The third-order valence-electron chi connectivity index (χ3n) is 7.25. The molecule has 9 heteroatoms. The lowest BCUT2D eigenvalue weighted by Gasteiger charge is -2.43. The molecule has 0 bridgehead atoms. The number of hydrogen-bond acceptors (Lipinski definition) is 6. The van der Waals surface area contributed by atoms with Gasteiger partial charge in [-0.1, -0.05) is 41.9 Å². The summed E-state index contributed by atoms with van der Waals surface area (Å²) >= 11 is 6.05. The van der Waals surface area contributed by atoms with Gasteiger partial charge in [-0.05, 0) is 36.9 Å². The Labute approximate surface area is 229 Å². The average molecular weight is 538 g/mol. The fraction of sp³-hybridized carbons (Fsp3) is 0.448. The van der Waals surface area contributed by atoms with E-state index < -0.39 is 5.60 Å². The van der Waals surface area contributed by atoms with E-state index in [1.54, 1.807) is 12.1 Å². The summed E-state index contributed by atoms with van der Waals surface area (Å²) < 4.78 is 14.5. The summed E-state index contributed by atoms with van der Waals surface area (Å²) in [6.45, 7) is 6.96. The maximum absolute atomic E-state index is 13.4. The smallest absolute Gasteiger partial charge is 0.225 e. The number of amides is 1. The maximum atomic E-state index is 13.4. The highest BCUT2D eigenvalue weighted by atomic mass is 35.5. The SMILES string of the molecule is CN1CCN(C(=O)C[C@@]2(COc3ccc(Cl)cc3)CN(Cc3cnn(Cc4ccccc4)c3)CCO2)CC1. The van der Waals surface area contributed by atoms with E-state index in [9.17, 15) is 4.79 Å². The molecular weight excluding hydrogens is 502 g/mol. The molecule has 0 radical (unpaired) electrons. The van der Waals surface area contributed by atoms with E-state index in [4.69, 9.17) is 21.1 Å². The number of hydrogen-bond donors (Lipinski definition) is 0. The number of carbonyl (C=O) groups is 1. The summed E-state index contributed by atoms with van der Waals surface area (Å²) in [6, 6.07) is 17.6. The monoisotopic (exact) mass is 537 g/mol. The van der Waals surface area contributed by atoms with Gasteiger partial charge in [0.25, 0.3) is 0 Å². The molecule has 2 fully saturated rings. The maximum Gasteiger partial charge on any atom is 0.225 e. The number of morpholine rings is 1. The zero-order chi connectivity index (χ0) is 26.4. The number of aromatic nitrogens is 2. The van der Waals surface area contributed by atoms with E-state index >= 15 is 0 Å². The van der Waals surface area contributed by atoms with E-state index in [1.165, 1.54) is 5.56 Å². The first-order valence-electron chi connectivity index (χ1n) is 13.2. The molecular formula is C29H36ClN5O3. The summed E-state index contributed by atoms with van der Waals surface area (Å²) in [6.07, 6.45) is 4.32. The predicted octanol–water partition coefficient (Wildman–Crippen LogP) is 3.40. The molecule has 0 aliphatic carbocycles. The van der Waals surface area contributed by atoms with Gasteiger partial charge in [0.1, 0.15) is 18.0 Å². The van der Waals surface area contributed by atoms with Crippen LogP contribution < -0.4 is 4.74 Å². The number of carbonyl (C=O) groups excluding carboxylic acids is 1. The molecule has 2 aromatic carbocycles. The van der Waals surface area contributed by atoms with Gasteiger partial charge < -0.3 is 19.3 Å². The Morgan fingerprint density at radius 2 is 1.76 bits per heavy atom. The summed E-state index contributed by atoms with van der Waals surface area (Å²) in [4.78, 5) is 20.0. The Morgan fingerprint density at radius 3 is 2.53 bits per heavy atom. The van der Waals surface area contributed by atoms with Crippen LogP contribution in [0.5, 0.6) is 5.75 Å². The Kier molecular flexibility index (Phi) is 8.64. The fourth-order valence-corrected chi connectivity index (χ4v) is 5.22. The molecule has 0 N–H and O–H groups in total. The summed E-state index contributed by atoms with van der Waals surface area (Å²) in [5, 5.41) is 5.23. The molecule has 0 saturated carbocycles. The van der Waals surface area contributed by atoms with Crippen molar-refractivity contribution in [3.8, 4) is 5.75 Å². The molecule has 8 nitrogen and oxygen atoms in total. The zero-order valence-corrected chi connectivity index (χ0v) is 22.7. The first-order chi connectivity index (χ1) is 18.5. The Hall–Kier alpha value is -2.91. The number of ether oxygens (including phenoxy) is 2. The van der Waals surface area contributed by atoms with E-state index in [-0.39, 0.29) is 18.9 Å². The molecule has 3 heterocycles. The third kappa shape index (κ3) is 7.14. The van der Waals surface area contributed by atoms with Gasteiger partial charge in [0.2, 0.25) is 5.91 Å². The topological polar surface area (TPSA) is 63.1 Å². The molecule has 3 aromatic rings. The van der Waals surface area contributed by atoms with Crippen molar-refractivity contribution in [1.29, 1.82) is 0 Å². The van der Waals surface area contributed by atoms with Crippen LogP contribution in [0, 0.1) is 0 Å². The Balaban J connectivity index is 1.26. The number of halogens is 1. The van der Waals surface area contributed by atoms with Crippen LogP contribution in [0.3, 0.4) is 0 Å². The van der Waals surface area contributed by atoms with Crippen molar-refractivity contribution in [1.82, 2.24) is 24.5 Å². The molecule has 5 rings (SSSR count). The first kappa shape index (κ1) is 26.7. The molecule has 0 unspecified atom stereocenters. The van der Waals surface area contributed by atoms with E-state index in [2.05, 4.69) is 40.3 Å². The quantitative estimate of drug-likeness (QED) is 0.417. The molecule has 2 aliphatic rings. The van der Waals surface area contributed by atoms with Gasteiger partial charge in [-0.2, -0.15) is 5.10 Å². The fourth-order valence-electron chi connectivity index (χ4n) is 5.10. The highest BCUT2D eigenvalue weighted by Crippen LogP contribution is 2.27. The van der Waals surface area contributed by atoms with Crippen LogP contribution in [0.15, 0.2) is 67.0 Å². The minimum absolute atomic E-state index is 0.121. The van der Waals surface area contributed by atoms with Gasteiger partial charge >= 0.3 is 0 Å². The average Bonchev–Trinajstić information content (AvgIpc) is 3.36. The third-order valence-corrected chi connectivity index (χ3v) is 7.50. The van der Waals surface area contributed by atoms with Crippen LogP contribution in [-0.4, -0.2) is 95.5 Å². The van der Waals surface area contributed by atoms with E-state index in [1.807, 2.05) is 46.1 Å². The van der Waals surface area contributed by atoms with Crippen molar-refractivity contribution < 1.29 is 14.3 Å². The number of nitrogens with zero attached hydrogens (tertiary/aromatic N) is 5. The van der Waals surface area contributed by atoms with Crippen LogP contribution in [0.25, 0.3) is 0 Å². The van der Waals surface area contributed by atoms with Crippen LogP contribution in [0.1, 0.15) is 17.5 Å². The minimum atomic E-state index is -0.738. The number of piperazine rings is 1. The molecule has 0 spiro atoms. The van der Waals surface area contributed by atoms with Crippen molar-refractivity contribution in [2.24, 2.45) is 0 Å². The lowest BCUT2D eigenvalue weighted by Crippen LogP contribution is -2.58. The second kappa shape index (κ2) is 12.3. The Morgan fingerprint density at radius 1 is 1.00 bits per heavy atom. The van der Waals surface area contributed by atoms with Crippen LogP contribution >= 0.6 is 11.6 Å². The molecule has 2 aliphatic heterocycles. The van der Waals surface area contributed by atoms with Crippen molar-refractivity contribution in [2.75, 3.05) is 59.5 Å². The van der Waals surface area contributed by atoms with Gasteiger partial charge in [-0.15, -0.1) is 0 Å². The lowest BCUT2D eigenvalue weighted by molar-refractivity contribution is -0.157. The largest absolute Gasteiger partial charge is 0.491 e. The standard InChI is InChI=1S/C29H36ClN5O3/c1-32-11-13-34(14-12-32)28(36)17-29(23-37-27-9-7-26(30)8-10-27)22-33(15-16-38-29)19-25-18-31-35(21-25)20-24-5-3-2-4-6-24/h2-10,18,21H,11-17,19-20,22-23H2,1H3/t29-/m0/s1. The van der Waals surface area contributed by atoms with E-state index in [0.717, 1.165) is 51.4 Å². The second-order valence-electron chi connectivity index (χ2n) is 10.4. The summed E-state index contributed by atoms with van der Waals surface area (Å²) in [7, 11) is 2.09. The van der Waals surface area contributed by atoms with Gasteiger partial charge in [0, 0.05) is 62.6 Å². The van der Waals surface area contributed by atoms with Gasteiger partial charge in [-0.3, -0.25) is 14.4 Å². The molecule has 1 atom stereocenters. The van der Waals surface area contributed by atoms with Crippen LogP contribution in [0.2, 0.25) is 5.02 Å². The van der Waals surface area contributed by atoms with Gasteiger partial charge in [0.15, 0.2) is 0 Å². The van der Waals surface area contributed by atoms with E-state index in [0.29, 0.717) is 23.9 Å². The predicted molar refractivity (Wildman–Crippen MR) is 147 cm³/mol. The normalized spacial score (nSPS) is 20.9. The minimum Gasteiger partial charge on any atom is -0.491 e. The Bertz CT molecular complexity index is 1180. The lowest BCUT2D eigenvalue weighted by atomic mass is 9.96. The van der Waals surface area contributed by atoms with Gasteiger partial charge in [-0.25, -0.2) is 0 Å². The summed E-state index contributed by atoms with van der Waals surface area (Å²) in [5.41, 5.74) is 1.62. The van der Waals surface area contributed by atoms with Crippen molar-refractivity contribution >= 4 is 17.5 Å². The molecule has 1 amide bonds. The number of likely N-dealkylation sites (N-methyl/N-ethyl adjacent to an activating group) is 1. The molecule has 2 saturated heterocycles. The molecule has 1 aromatic heterocycles. The number of benzene rings is 2. The van der Waals surface area contributed by atoms with Crippen molar-refractivity contribution in [2.45, 2.75) is 25.1 Å². The summed E-state index contributed by atoms with van der Waals surface area (Å²) in [5.74, 6) is 0.832. The number of rotatable bonds is 9. The van der Waals surface area contributed by atoms with Gasteiger partial charge in [0.05, 0.1) is 25.8 Å². The van der Waals surface area contributed by atoms with Crippen molar-refractivity contribution in [3.63, 3.8) is 0 Å².